The lowest BCUT2D eigenvalue weighted by atomic mass is 10.2. The van der Waals surface area contributed by atoms with E-state index in [1.54, 1.807) is 0 Å². The van der Waals surface area contributed by atoms with Crippen LogP contribution in [0.15, 0.2) is 77.7 Å². The number of nitrogens with one attached hydrogen (secondary N) is 1. The third kappa shape index (κ3) is 6.48. The summed E-state index contributed by atoms with van der Waals surface area (Å²) in [6.07, 6.45) is 0.931. The zero-order valence-electron chi connectivity index (χ0n) is 19.0. The van der Waals surface area contributed by atoms with Crippen molar-refractivity contribution < 1.29 is 27.1 Å². The van der Waals surface area contributed by atoms with Crippen LogP contribution in [-0.4, -0.2) is 41.1 Å². The van der Waals surface area contributed by atoms with Crippen molar-refractivity contribution in [3.05, 3.63) is 84.2 Å². The minimum absolute atomic E-state index is 0.0238. The van der Waals surface area contributed by atoms with Gasteiger partial charge in [0.15, 0.2) is 0 Å². The summed E-state index contributed by atoms with van der Waals surface area (Å²) >= 11 is 0. The average molecular weight is 487 g/mol. The van der Waals surface area contributed by atoms with Crippen molar-refractivity contribution in [2.75, 3.05) is 31.1 Å². The predicted octanol–water partition coefficient (Wildman–Crippen LogP) is 3.79. The first-order valence-electron chi connectivity index (χ1n) is 10.7. The number of hydrogen-bond acceptors (Lipinski definition) is 5. The van der Waals surface area contributed by atoms with Crippen LogP contribution < -0.4 is 19.1 Å². The number of methoxy groups -OCH3 is 1. The van der Waals surface area contributed by atoms with Crippen molar-refractivity contribution >= 4 is 21.6 Å². The molecule has 0 spiro atoms. The van der Waals surface area contributed by atoms with Crippen molar-refractivity contribution in [3.8, 4) is 11.5 Å². The number of hydrogen-bond donors (Lipinski definition) is 1. The lowest BCUT2D eigenvalue weighted by molar-refractivity contribution is -0.119. The van der Waals surface area contributed by atoms with Gasteiger partial charge in [-0.05, 0) is 72.6 Å². The molecule has 180 valence electrons. The van der Waals surface area contributed by atoms with Gasteiger partial charge in [0.05, 0.1) is 24.2 Å². The van der Waals surface area contributed by atoms with Gasteiger partial charge in [-0.15, -0.1) is 0 Å². The van der Waals surface area contributed by atoms with Gasteiger partial charge < -0.3 is 14.8 Å². The lowest BCUT2D eigenvalue weighted by Crippen LogP contribution is -2.41. The Morgan fingerprint density at radius 1 is 0.941 bits per heavy atom. The van der Waals surface area contributed by atoms with Gasteiger partial charge in [-0.3, -0.25) is 9.10 Å². The Labute approximate surface area is 199 Å². The van der Waals surface area contributed by atoms with Crippen LogP contribution in [0.5, 0.6) is 11.5 Å². The molecule has 0 aliphatic rings. The summed E-state index contributed by atoms with van der Waals surface area (Å²) in [5.41, 5.74) is 1.36. The molecular formula is C25H27FN2O5S. The molecule has 0 aliphatic heterocycles. The van der Waals surface area contributed by atoms with Gasteiger partial charge in [-0.2, -0.15) is 0 Å². The van der Waals surface area contributed by atoms with E-state index in [2.05, 4.69) is 12.2 Å². The van der Waals surface area contributed by atoms with E-state index in [-0.39, 0.29) is 23.7 Å². The molecule has 1 amide bonds. The van der Waals surface area contributed by atoms with E-state index in [1.807, 2.05) is 24.3 Å². The predicted molar refractivity (Wildman–Crippen MR) is 128 cm³/mol. The van der Waals surface area contributed by atoms with E-state index >= 15 is 0 Å². The summed E-state index contributed by atoms with van der Waals surface area (Å²) in [5, 5.41) is 2.66. The molecule has 3 aromatic rings. The van der Waals surface area contributed by atoms with Crippen LogP contribution in [0.25, 0.3) is 0 Å². The first-order chi connectivity index (χ1) is 16.3. The van der Waals surface area contributed by atoms with Gasteiger partial charge in [0, 0.05) is 0 Å². The number of benzene rings is 3. The molecule has 0 radical (unpaired) electrons. The molecule has 0 unspecified atom stereocenters. The fourth-order valence-corrected chi connectivity index (χ4v) is 4.59. The largest absolute Gasteiger partial charge is 0.497 e. The van der Waals surface area contributed by atoms with Crippen molar-refractivity contribution in [1.29, 1.82) is 0 Å². The molecule has 0 atom stereocenters. The SMILES string of the molecule is CCc1ccc(OCCNC(=O)CN(c2ccc(F)cc2)S(=O)(=O)c2ccc(OC)cc2)cc1. The summed E-state index contributed by atoms with van der Waals surface area (Å²) in [6.45, 7) is 1.99. The second kappa shape index (κ2) is 11.5. The van der Waals surface area contributed by atoms with Crippen LogP contribution in [0, 0.1) is 5.82 Å². The number of rotatable bonds is 11. The zero-order valence-corrected chi connectivity index (χ0v) is 19.8. The second-order valence-corrected chi connectivity index (χ2v) is 9.22. The van der Waals surface area contributed by atoms with Crippen molar-refractivity contribution in [2.24, 2.45) is 0 Å². The Bertz CT molecular complexity index is 1180. The van der Waals surface area contributed by atoms with Crippen LogP contribution in [0.2, 0.25) is 0 Å². The molecule has 3 rings (SSSR count). The lowest BCUT2D eigenvalue weighted by Gasteiger charge is -2.24. The highest BCUT2D eigenvalue weighted by atomic mass is 32.2. The summed E-state index contributed by atoms with van der Waals surface area (Å²) in [6, 6.07) is 18.4. The van der Waals surface area contributed by atoms with E-state index < -0.39 is 28.3 Å². The second-order valence-electron chi connectivity index (χ2n) is 7.36. The molecule has 3 aromatic carbocycles. The number of sulfonamides is 1. The quantitative estimate of drug-likeness (QED) is 0.417. The van der Waals surface area contributed by atoms with Gasteiger partial charge in [0.2, 0.25) is 5.91 Å². The molecule has 0 aromatic heterocycles. The van der Waals surface area contributed by atoms with E-state index in [0.29, 0.717) is 11.5 Å². The Morgan fingerprint density at radius 2 is 1.56 bits per heavy atom. The van der Waals surface area contributed by atoms with E-state index in [1.165, 1.54) is 49.1 Å². The highest BCUT2D eigenvalue weighted by molar-refractivity contribution is 7.92. The van der Waals surface area contributed by atoms with Crippen LogP contribution in [0.1, 0.15) is 12.5 Å². The first-order valence-corrected chi connectivity index (χ1v) is 12.2. The minimum Gasteiger partial charge on any atom is -0.497 e. The molecular weight excluding hydrogens is 459 g/mol. The van der Waals surface area contributed by atoms with Gasteiger partial charge >= 0.3 is 0 Å². The fourth-order valence-electron chi connectivity index (χ4n) is 3.16. The maximum absolute atomic E-state index is 13.4. The molecule has 0 saturated carbocycles. The molecule has 34 heavy (non-hydrogen) atoms. The fraction of sp³-hybridized carbons (Fsp3) is 0.240. The van der Waals surface area contributed by atoms with Gasteiger partial charge in [-0.1, -0.05) is 19.1 Å². The number of aryl methyl sites for hydroxylation is 1. The summed E-state index contributed by atoms with van der Waals surface area (Å²) < 4.78 is 51.7. The van der Waals surface area contributed by atoms with E-state index in [4.69, 9.17) is 9.47 Å². The number of amides is 1. The van der Waals surface area contributed by atoms with Crippen LogP contribution >= 0.6 is 0 Å². The van der Waals surface area contributed by atoms with Gasteiger partial charge in [-0.25, -0.2) is 12.8 Å². The summed E-state index contributed by atoms with van der Waals surface area (Å²) in [7, 11) is -2.63. The van der Waals surface area contributed by atoms with Crippen LogP contribution in [0.3, 0.4) is 0 Å². The molecule has 0 saturated heterocycles. The maximum Gasteiger partial charge on any atom is 0.264 e. The summed E-state index contributed by atoms with van der Waals surface area (Å²) in [4.78, 5) is 12.6. The van der Waals surface area contributed by atoms with E-state index in [0.717, 1.165) is 22.9 Å². The number of ether oxygens (including phenoxy) is 2. The van der Waals surface area contributed by atoms with E-state index in [9.17, 15) is 17.6 Å². The van der Waals surface area contributed by atoms with Crippen molar-refractivity contribution in [3.63, 3.8) is 0 Å². The number of nitrogens with zero attached hydrogens (tertiary/aromatic N) is 1. The third-order valence-corrected chi connectivity index (χ3v) is 6.86. The van der Waals surface area contributed by atoms with Crippen LogP contribution in [0.4, 0.5) is 10.1 Å². The van der Waals surface area contributed by atoms with Crippen molar-refractivity contribution in [1.82, 2.24) is 5.32 Å². The number of anilines is 1. The average Bonchev–Trinajstić information content (AvgIpc) is 2.86. The van der Waals surface area contributed by atoms with Crippen LogP contribution in [-0.2, 0) is 21.2 Å². The minimum atomic E-state index is -4.10. The Morgan fingerprint density at radius 3 is 2.15 bits per heavy atom. The molecule has 1 N–H and O–H groups in total. The third-order valence-electron chi connectivity index (χ3n) is 5.07. The Kier molecular flexibility index (Phi) is 8.48. The smallest absolute Gasteiger partial charge is 0.264 e. The van der Waals surface area contributed by atoms with Gasteiger partial charge in [0.1, 0.15) is 30.5 Å². The highest BCUT2D eigenvalue weighted by Crippen LogP contribution is 2.25. The highest BCUT2D eigenvalue weighted by Gasteiger charge is 2.27. The molecule has 0 heterocycles. The molecule has 9 heteroatoms. The maximum atomic E-state index is 13.4. The monoisotopic (exact) mass is 486 g/mol. The molecule has 7 nitrogen and oxygen atoms in total. The molecule has 0 aliphatic carbocycles. The Hall–Kier alpha value is -3.59. The normalized spacial score (nSPS) is 11.0. The van der Waals surface area contributed by atoms with Gasteiger partial charge in [0.25, 0.3) is 10.0 Å². The molecule has 0 fully saturated rings. The summed E-state index contributed by atoms with van der Waals surface area (Å²) in [5.74, 6) is 0.140. The first kappa shape index (κ1) is 25.0. The zero-order chi connectivity index (χ0) is 24.6. The topological polar surface area (TPSA) is 84.9 Å². The Balaban J connectivity index is 1.68. The molecule has 0 bridgehead atoms. The number of carbonyl (C=O) groups excluding carboxylic acids is 1. The number of halogens is 1. The standard InChI is InChI=1S/C25H27FN2O5S/c1-3-19-4-10-23(11-5-19)33-17-16-27-25(29)18-28(21-8-6-20(26)7-9-21)34(30,31)24-14-12-22(32-2)13-15-24/h4-15H,3,16-18H2,1-2H3,(H,27,29). The van der Waals surface area contributed by atoms with Crippen molar-refractivity contribution in [2.45, 2.75) is 18.2 Å². The number of carbonyl (C=O) groups is 1.